The van der Waals surface area contributed by atoms with Crippen molar-refractivity contribution in [3.63, 3.8) is 0 Å². The Hall–Kier alpha value is -0.780. The molecule has 0 saturated heterocycles. The van der Waals surface area contributed by atoms with Crippen molar-refractivity contribution >= 4 is 5.97 Å². The fraction of sp³-hybridized carbons (Fsp3) is 0.800. The molecule has 0 unspecified atom stereocenters. The van der Waals surface area contributed by atoms with Crippen LogP contribution in [0.25, 0.3) is 0 Å². The van der Waals surface area contributed by atoms with Crippen LogP contribution in [-0.2, 0) is 9.53 Å². The Balaban J connectivity index is 3.54. The third kappa shape index (κ3) is 4.60. The van der Waals surface area contributed by atoms with Gasteiger partial charge in [0.15, 0.2) is 0 Å². The van der Waals surface area contributed by atoms with E-state index in [1.54, 1.807) is 0 Å². The summed E-state index contributed by atoms with van der Waals surface area (Å²) in [7, 11) is 0. The molecule has 0 heterocycles. The molecule has 0 rings (SSSR count). The van der Waals surface area contributed by atoms with Gasteiger partial charge >= 0.3 is 12.1 Å². The van der Waals surface area contributed by atoms with E-state index in [2.05, 4.69) is 4.74 Å². The van der Waals surface area contributed by atoms with Gasteiger partial charge in [-0.05, 0) is 13.0 Å². The van der Waals surface area contributed by atoms with Crippen molar-refractivity contribution in [2.24, 2.45) is 5.73 Å². The molecule has 0 aromatic rings. The highest BCUT2D eigenvalue weighted by Crippen LogP contribution is 2.16. The van der Waals surface area contributed by atoms with Crippen LogP contribution < -0.4 is 5.73 Å². The number of halogens is 3. The van der Waals surface area contributed by atoms with Crippen molar-refractivity contribution < 1.29 is 22.7 Å². The first kappa shape index (κ1) is 10.2. The normalized spacial score (nSPS) is 11.3. The molecule has 11 heavy (non-hydrogen) atoms. The van der Waals surface area contributed by atoms with Crippen LogP contribution in [0.1, 0.15) is 6.42 Å². The molecular formula is C5H8F3NO2. The third-order valence-electron chi connectivity index (χ3n) is 0.813. The Kier molecular flexibility index (Phi) is 3.88. The zero-order valence-electron chi connectivity index (χ0n) is 5.65. The van der Waals surface area contributed by atoms with Crippen molar-refractivity contribution in [1.82, 2.24) is 0 Å². The monoisotopic (exact) mass is 171 g/mol. The Bertz CT molecular complexity index is 134. The van der Waals surface area contributed by atoms with Gasteiger partial charge in [-0.3, -0.25) is 0 Å². The second-order valence-corrected chi connectivity index (χ2v) is 1.78. The highest BCUT2D eigenvalue weighted by molar-refractivity contribution is 5.75. The maximum atomic E-state index is 11.4. The van der Waals surface area contributed by atoms with Crippen LogP contribution in [0.4, 0.5) is 13.2 Å². The fourth-order valence-corrected chi connectivity index (χ4v) is 0.330. The quantitative estimate of drug-likeness (QED) is 0.495. The maximum Gasteiger partial charge on any atom is 0.490 e. The van der Waals surface area contributed by atoms with Gasteiger partial charge in [0.1, 0.15) is 0 Å². The van der Waals surface area contributed by atoms with Gasteiger partial charge < -0.3 is 10.5 Å². The first-order valence-electron chi connectivity index (χ1n) is 2.92. The topological polar surface area (TPSA) is 52.3 Å². The predicted molar refractivity (Wildman–Crippen MR) is 30.7 cm³/mol. The summed E-state index contributed by atoms with van der Waals surface area (Å²) < 4.78 is 37.9. The largest absolute Gasteiger partial charge is 0.490 e. The number of nitrogens with two attached hydrogens (primary N) is 1. The molecular weight excluding hydrogens is 163 g/mol. The highest BCUT2D eigenvalue weighted by Gasteiger charge is 2.40. The van der Waals surface area contributed by atoms with E-state index < -0.39 is 12.1 Å². The average Bonchev–Trinajstić information content (AvgIpc) is 1.86. The third-order valence-corrected chi connectivity index (χ3v) is 0.813. The van der Waals surface area contributed by atoms with Crippen molar-refractivity contribution in [2.75, 3.05) is 13.2 Å². The second-order valence-electron chi connectivity index (χ2n) is 1.78. The molecule has 0 fully saturated rings. The molecule has 0 aromatic carbocycles. The minimum atomic E-state index is -4.89. The van der Waals surface area contributed by atoms with Crippen LogP contribution in [0, 0.1) is 0 Å². The smallest absolute Gasteiger partial charge is 0.459 e. The van der Waals surface area contributed by atoms with E-state index in [0.717, 1.165) is 0 Å². The second kappa shape index (κ2) is 4.17. The van der Waals surface area contributed by atoms with E-state index in [9.17, 15) is 18.0 Å². The van der Waals surface area contributed by atoms with Gasteiger partial charge in [-0.15, -0.1) is 0 Å². The number of hydrogen-bond donors (Lipinski definition) is 1. The summed E-state index contributed by atoms with van der Waals surface area (Å²) >= 11 is 0. The van der Waals surface area contributed by atoms with Crippen molar-refractivity contribution in [2.45, 2.75) is 12.6 Å². The van der Waals surface area contributed by atoms with Gasteiger partial charge in [0.2, 0.25) is 0 Å². The van der Waals surface area contributed by atoms with Gasteiger partial charge in [0.05, 0.1) is 6.61 Å². The Morgan fingerprint density at radius 1 is 1.45 bits per heavy atom. The van der Waals surface area contributed by atoms with Crippen molar-refractivity contribution in [3.05, 3.63) is 0 Å². The zero-order chi connectivity index (χ0) is 8.91. The zero-order valence-corrected chi connectivity index (χ0v) is 5.65. The summed E-state index contributed by atoms with van der Waals surface area (Å²) in [6, 6.07) is 0. The van der Waals surface area contributed by atoms with Crippen LogP contribution in [0.5, 0.6) is 0 Å². The Morgan fingerprint density at radius 3 is 2.36 bits per heavy atom. The SMILES string of the molecule is NCCCOC(=O)C(F)(F)F. The van der Waals surface area contributed by atoms with E-state index in [-0.39, 0.29) is 19.6 Å². The van der Waals surface area contributed by atoms with Gasteiger partial charge in [-0.25, -0.2) is 4.79 Å². The fourth-order valence-electron chi connectivity index (χ4n) is 0.330. The number of rotatable bonds is 3. The number of esters is 1. The summed E-state index contributed by atoms with van der Waals surface area (Å²) in [6.45, 7) is -0.0834. The van der Waals surface area contributed by atoms with Crippen LogP contribution >= 0.6 is 0 Å². The van der Waals surface area contributed by atoms with Crippen LogP contribution in [0.3, 0.4) is 0 Å². The Labute approximate surface area is 61.3 Å². The highest BCUT2D eigenvalue weighted by atomic mass is 19.4. The van der Waals surface area contributed by atoms with Gasteiger partial charge in [-0.1, -0.05) is 0 Å². The lowest BCUT2D eigenvalue weighted by molar-refractivity contribution is -0.199. The van der Waals surface area contributed by atoms with Gasteiger partial charge in [-0.2, -0.15) is 13.2 Å². The molecule has 0 aliphatic carbocycles. The molecule has 66 valence electrons. The van der Waals surface area contributed by atoms with E-state index in [4.69, 9.17) is 5.73 Å². The minimum Gasteiger partial charge on any atom is -0.459 e. The average molecular weight is 171 g/mol. The van der Waals surface area contributed by atoms with Crippen LogP contribution in [0.2, 0.25) is 0 Å². The number of carbonyl (C=O) groups is 1. The molecule has 6 heteroatoms. The molecule has 0 aliphatic rings. The molecule has 0 aliphatic heterocycles. The van der Waals surface area contributed by atoms with Gasteiger partial charge in [0.25, 0.3) is 0 Å². The van der Waals surface area contributed by atoms with Crippen molar-refractivity contribution in [1.29, 1.82) is 0 Å². The van der Waals surface area contributed by atoms with Crippen LogP contribution in [0.15, 0.2) is 0 Å². The molecule has 0 bridgehead atoms. The summed E-state index contributed by atoms with van der Waals surface area (Å²) in [5.74, 6) is -2.16. The number of hydrogen-bond acceptors (Lipinski definition) is 3. The number of carbonyl (C=O) groups excluding carboxylic acids is 1. The van der Waals surface area contributed by atoms with E-state index >= 15 is 0 Å². The van der Waals surface area contributed by atoms with Crippen molar-refractivity contribution in [3.8, 4) is 0 Å². The van der Waals surface area contributed by atoms with Crippen LogP contribution in [-0.4, -0.2) is 25.3 Å². The molecule has 3 nitrogen and oxygen atoms in total. The van der Waals surface area contributed by atoms with E-state index in [1.807, 2.05) is 0 Å². The lowest BCUT2D eigenvalue weighted by atomic mass is 10.5. The molecule has 0 radical (unpaired) electrons. The lowest BCUT2D eigenvalue weighted by Gasteiger charge is -2.05. The van der Waals surface area contributed by atoms with E-state index in [0.29, 0.717) is 0 Å². The standard InChI is InChI=1S/C5H8F3NO2/c6-5(7,8)4(10)11-3-1-2-9/h1-3,9H2. The van der Waals surface area contributed by atoms with Gasteiger partial charge in [0, 0.05) is 0 Å². The maximum absolute atomic E-state index is 11.4. The summed E-state index contributed by atoms with van der Waals surface area (Å²) in [5.41, 5.74) is 4.95. The molecule has 0 atom stereocenters. The summed E-state index contributed by atoms with van der Waals surface area (Å²) in [6.07, 6.45) is -4.66. The number of ether oxygens (including phenoxy) is 1. The molecule has 2 N–H and O–H groups in total. The molecule has 0 saturated carbocycles. The number of alkyl halides is 3. The Morgan fingerprint density at radius 2 is 2.00 bits per heavy atom. The first-order valence-corrected chi connectivity index (χ1v) is 2.92. The minimum absolute atomic E-state index is 0.200. The molecule has 0 amide bonds. The predicted octanol–water partition coefficient (Wildman–Crippen LogP) is 0.441. The summed E-state index contributed by atoms with van der Waals surface area (Å²) in [5, 5.41) is 0. The molecule has 0 aromatic heterocycles. The lowest BCUT2D eigenvalue weighted by Crippen LogP contribution is -2.26. The summed E-state index contributed by atoms with van der Waals surface area (Å²) in [4.78, 5) is 9.95. The first-order chi connectivity index (χ1) is 4.98. The van der Waals surface area contributed by atoms with E-state index in [1.165, 1.54) is 0 Å². The molecule has 0 spiro atoms.